The third kappa shape index (κ3) is 5.09. The highest BCUT2D eigenvalue weighted by Gasteiger charge is 2.19. The number of fused-ring (bicyclic) bond motifs is 1. The van der Waals surface area contributed by atoms with Crippen LogP contribution in [0, 0.1) is 18.3 Å². The standard InChI is InChI=1S/C31H28N4OS/c1-3-4-15-27-25(18-23-13-10-14-24(26(23)19-32)22-11-6-5-7-12-22)31(36)35(21(2)33-27)20-30-34-28-16-8-9-17-29(28)37-30/h5-14,16-17H,3-4,15,18,20H2,1-2H3. The van der Waals surface area contributed by atoms with Crippen molar-refractivity contribution in [3.63, 3.8) is 0 Å². The summed E-state index contributed by atoms with van der Waals surface area (Å²) in [5.74, 6) is 0.692. The Hall–Kier alpha value is -4.08. The van der Waals surface area contributed by atoms with Gasteiger partial charge in [-0.1, -0.05) is 74.0 Å². The third-order valence-corrected chi connectivity index (χ3v) is 7.67. The minimum absolute atomic E-state index is 0.0492. The van der Waals surface area contributed by atoms with Crippen molar-refractivity contribution >= 4 is 21.6 Å². The molecule has 0 saturated heterocycles. The predicted molar refractivity (Wildman–Crippen MR) is 150 cm³/mol. The van der Waals surface area contributed by atoms with E-state index in [1.165, 1.54) is 0 Å². The molecule has 0 amide bonds. The minimum atomic E-state index is -0.0492. The summed E-state index contributed by atoms with van der Waals surface area (Å²) in [4.78, 5) is 23.6. The van der Waals surface area contributed by atoms with Gasteiger partial charge in [0.15, 0.2) is 0 Å². The first kappa shape index (κ1) is 24.6. The SMILES string of the molecule is CCCCc1nc(C)n(Cc2nc3ccccc3s2)c(=O)c1Cc1cccc(-c2ccccc2)c1C#N. The Morgan fingerprint density at radius 1 is 0.973 bits per heavy atom. The molecule has 0 bridgehead atoms. The molecule has 5 nitrogen and oxygen atoms in total. The van der Waals surface area contributed by atoms with Gasteiger partial charge in [-0.05, 0) is 48.6 Å². The average Bonchev–Trinajstić information content (AvgIpc) is 3.34. The van der Waals surface area contributed by atoms with Gasteiger partial charge in [0.25, 0.3) is 5.56 Å². The van der Waals surface area contributed by atoms with E-state index in [1.54, 1.807) is 15.9 Å². The highest BCUT2D eigenvalue weighted by Crippen LogP contribution is 2.28. The summed E-state index contributed by atoms with van der Waals surface area (Å²) < 4.78 is 2.84. The van der Waals surface area contributed by atoms with Crippen LogP contribution in [0.25, 0.3) is 21.3 Å². The van der Waals surface area contributed by atoms with Crippen molar-refractivity contribution in [1.82, 2.24) is 14.5 Å². The van der Waals surface area contributed by atoms with Crippen molar-refractivity contribution in [2.24, 2.45) is 0 Å². The van der Waals surface area contributed by atoms with Gasteiger partial charge in [-0.3, -0.25) is 9.36 Å². The molecule has 3 aromatic carbocycles. The van der Waals surface area contributed by atoms with Crippen LogP contribution in [0.15, 0.2) is 77.6 Å². The molecule has 5 aromatic rings. The number of benzene rings is 3. The predicted octanol–water partition coefficient (Wildman–Crippen LogP) is 6.68. The van der Waals surface area contributed by atoms with Gasteiger partial charge in [0, 0.05) is 12.0 Å². The molecule has 5 rings (SSSR count). The number of thiazole rings is 1. The number of para-hydroxylation sites is 1. The topological polar surface area (TPSA) is 71.6 Å². The summed E-state index contributed by atoms with van der Waals surface area (Å²) in [5, 5.41) is 11.0. The van der Waals surface area contributed by atoms with E-state index in [4.69, 9.17) is 9.97 Å². The molecule has 184 valence electrons. The Bertz CT molecular complexity index is 1630. The van der Waals surface area contributed by atoms with Crippen molar-refractivity contribution in [2.45, 2.75) is 46.1 Å². The summed E-state index contributed by atoms with van der Waals surface area (Å²) in [6, 6.07) is 26.2. The van der Waals surface area contributed by atoms with E-state index in [1.807, 2.05) is 79.7 Å². The lowest BCUT2D eigenvalue weighted by Gasteiger charge is -2.16. The molecule has 6 heteroatoms. The minimum Gasteiger partial charge on any atom is -0.290 e. The van der Waals surface area contributed by atoms with Crippen LogP contribution in [0.3, 0.4) is 0 Å². The molecule has 0 atom stereocenters. The Morgan fingerprint density at radius 2 is 1.76 bits per heavy atom. The first-order chi connectivity index (χ1) is 18.1. The van der Waals surface area contributed by atoms with Crippen LogP contribution in [0.5, 0.6) is 0 Å². The van der Waals surface area contributed by atoms with Gasteiger partial charge in [-0.2, -0.15) is 5.26 Å². The summed E-state index contributed by atoms with van der Waals surface area (Å²) in [6.45, 7) is 4.41. The lowest BCUT2D eigenvalue weighted by molar-refractivity contribution is 0.661. The van der Waals surface area contributed by atoms with Gasteiger partial charge in [0.1, 0.15) is 16.9 Å². The van der Waals surface area contributed by atoms with E-state index in [0.717, 1.165) is 56.9 Å². The molecule has 0 radical (unpaired) electrons. The van der Waals surface area contributed by atoms with Crippen LogP contribution in [0.4, 0.5) is 0 Å². The number of aryl methyl sites for hydroxylation is 2. The Morgan fingerprint density at radius 3 is 2.51 bits per heavy atom. The van der Waals surface area contributed by atoms with Crippen LogP contribution in [0.2, 0.25) is 0 Å². The van der Waals surface area contributed by atoms with Gasteiger partial charge in [-0.25, -0.2) is 9.97 Å². The van der Waals surface area contributed by atoms with E-state index in [-0.39, 0.29) is 5.56 Å². The Kier molecular flexibility index (Phi) is 7.25. The lowest BCUT2D eigenvalue weighted by atomic mass is 9.92. The van der Waals surface area contributed by atoms with E-state index in [2.05, 4.69) is 13.0 Å². The molecule has 2 heterocycles. The highest BCUT2D eigenvalue weighted by atomic mass is 32.1. The Labute approximate surface area is 220 Å². The first-order valence-electron chi connectivity index (χ1n) is 12.6. The smallest absolute Gasteiger partial charge is 0.257 e. The quantitative estimate of drug-likeness (QED) is 0.236. The summed E-state index contributed by atoms with van der Waals surface area (Å²) in [5.41, 5.74) is 5.71. The summed E-state index contributed by atoms with van der Waals surface area (Å²) in [6.07, 6.45) is 3.08. The lowest BCUT2D eigenvalue weighted by Crippen LogP contribution is -2.30. The maximum atomic E-state index is 14.0. The number of nitrogens with zero attached hydrogens (tertiary/aromatic N) is 4. The number of aromatic nitrogens is 3. The monoisotopic (exact) mass is 504 g/mol. The zero-order chi connectivity index (χ0) is 25.8. The van der Waals surface area contributed by atoms with Crippen molar-refractivity contribution < 1.29 is 0 Å². The first-order valence-corrected chi connectivity index (χ1v) is 13.4. The number of hydrogen-bond acceptors (Lipinski definition) is 5. The van der Waals surface area contributed by atoms with Crippen LogP contribution < -0.4 is 5.56 Å². The normalized spacial score (nSPS) is 11.1. The highest BCUT2D eigenvalue weighted by molar-refractivity contribution is 7.18. The number of nitriles is 1. The maximum absolute atomic E-state index is 14.0. The largest absolute Gasteiger partial charge is 0.290 e. The van der Waals surface area contributed by atoms with Crippen LogP contribution >= 0.6 is 11.3 Å². The van der Waals surface area contributed by atoms with Gasteiger partial charge in [-0.15, -0.1) is 11.3 Å². The second-order valence-electron chi connectivity index (χ2n) is 9.15. The van der Waals surface area contributed by atoms with E-state index in [0.29, 0.717) is 29.9 Å². The molecule has 0 aliphatic rings. The van der Waals surface area contributed by atoms with Crippen molar-refractivity contribution in [3.8, 4) is 17.2 Å². The molecule has 0 spiro atoms. The third-order valence-electron chi connectivity index (χ3n) is 6.65. The number of hydrogen-bond donors (Lipinski definition) is 0. The van der Waals surface area contributed by atoms with Crippen molar-refractivity contribution in [1.29, 1.82) is 5.26 Å². The molecule has 0 fully saturated rings. The van der Waals surface area contributed by atoms with Crippen LogP contribution in [-0.2, 0) is 19.4 Å². The summed E-state index contributed by atoms with van der Waals surface area (Å²) >= 11 is 1.60. The molecule has 0 aliphatic heterocycles. The van der Waals surface area contributed by atoms with Gasteiger partial charge >= 0.3 is 0 Å². The van der Waals surface area contributed by atoms with Crippen LogP contribution in [-0.4, -0.2) is 14.5 Å². The van der Waals surface area contributed by atoms with E-state index in [9.17, 15) is 10.1 Å². The average molecular weight is 505 g/mol. The van der Waals surface area contributed by atoms with Gasteiger partial charge in [0.05, 0.1) is 28.0 Å². The molecule has 0 unspecified atom stereocenters. The second-order valence-corrected chi connectivity index (χ2v) is 10.3. The number of unbranched alkanes of at least 4 members (excludes halogenated alkanes) is 1. The van der Waals surface area contributed by atoms with Crippen molar-refractivity contribution in [3.05, 3.63) is 116 Å². The summed E-state index contributed by atoms with van der Waals surface area (Å²) in [7, 11) is 0. The fraction of sp³-hybridized carbons (Fsp3) is 0.226. The van der Waals surface area contributed by atoms with Crippen molar-refractivity contribution in [2.75, 3.05) is 0 Å². The molecule has 2 aromatic heterocycles. The number of rotatable bonds is 8. The molecule has 0 saturated carbocycles. The fourth-order valence-corrected chi connectivity index (χ4v) is 5.68. The molecule has 37 heavy (non-hydrogen) atoms. The zero-order valence-corrected chi connectivity index (χ0v) is 21.9. The zero-order valence-electron chi connectivity index (χ0n) is 21.1. The van der Waals surface area contributed by atoms with Gasteiger partial charge in [0.2, 0.25) is 0 Å². The molecular weight excluding hydrogens is 476 g/mol. The second kappa shape index (κ2) is 10.9. The Balaban J connectivity index is 1.59. The van der Waals surface area contributed by atoms with E-state index < -0.39 is 0 Å². The maximum Gasteiger partial charge on any atom is 0.257 e. The van der Waals surface area contributed by atoms with Crippen LogP contribution in [0.1, 0.15) is 53.0 Å². The fourth-order valence-electron chi connectivity index (χ4n) is 4.72. The van der Waals surface area contributed by atoms with Gasteiger partial charge < -0.3 is 0 Å². The molecule has 0 aliphatic carbocycles. The van der Waals surface area contributed by atoms with E-state index >= 15 is 0 Å². The molecular formula is C31H28N4OS. The molecule has 0 N–H and O–H groups in total.